The highest BCUT2D eigenvalue weighted by Crippen LogP contribution is 2.62. The first kappa shape index (κ1) is 15.8. The number of hydrogen-bond acceptors (Lipinski definition) is 4. The predicted octanol–water partition coefficient (Wildman–Crippen LogP) is 1.83. The first-order chi connectivity index (χ1) is 9.43. The highest BCUT2D eigenvalue weighted by Gasteiger charge is 2.69. The van der Waals surface area contributed by atoms with Gasteiger partial charge in [0.15, 0.2) is 9.84 Å². The van der Waals surface area contributed by atoms with E-state index in [2.05, 4.69) is 0 Å². The van der Waals surface area contributed by atoms with E-state index in [1.807, 2.05) is 12.1 Å². The molecular weight excluding hydrogens is 298 g/mol. The summed E-state index contributed by atoms with van der Waals surface area (Å²) in [5.74, 6) is 0.00223. The second-order valence-electron chi connectivity index (χ2n) is 5.27. The molecule has 20 heavy (non-hydrogen) atoms. The van der Waals surface area contributed by atoms with Gasteiger partial charge >= 0.3 is 0 Å². The maximum absolute atomic E-state index is 12.3. The highest BCUT2D eigenvalue weighted by molar-refractivity contribution is 7.92. The van der Waals surface area contributed by atoms with Crippen molar-refractivity contribution in [2.75, 3.05) is 26.0 Å². The third-order valence-electron chi connectivity index (χ3n) is 4.19. The Morgan fingerprint density at radius 2 is 1.95 bits per heavy atom. The Morgan fingerprint density at radius 1 is 1.35 bits per heavy atom. The molecule has 4 nitrogen and oxygen atoms in total. The predicted molar refractivity (Wildman–Crippen MR) is 80.8 cm³/mol. The van der Waals surface area contributed by atoms with Crippen LogP contribution in [0.2, 0.25) is 5.02 Å². The van der Waals surface area contributed by atoms with Gasteiger partial charge in [-0.1, -0.05) is 30.7 Å². The maximum Gasteiger partial charge on any atom is 0.154 e. The Morgan fingerprint density at radius 3 is 2.40 bits per heavy atom. The Hall–Kier alpha value is -0.620. The van der Waals surface area contributed by atoms with E-state index in [1.165, 1.54) is 0 Å². The third kappa shape index (κ3) is 2.48. The second-order valence-corrected chi connectivity index (χ2v) is 8.12. The van der Waals surface area contributed by atoms with Gasteiger partial charge in [0.25, 0.3) is 0 Å². The molecule has 2 rings (SSSR count). The molecule has 0 amide bonds. The maximum atomic E-state index is 12.3. The summed E-state index contributed by atoms with van der Waals surface area (Å²) in [5.41, 5.74) is 6.32. The molecule has 1 aliphatic rings. The van der Waals surface area contributed by atoms with E-state index in [0.717, 1.165) is 5.56 Å². The minimum absolute atomic E-state index is 0.116. The molecular formula is C14H20ClNO3S. The topological polar surface area (TPSA) is 69.4 Å². The molecule has 1 aromatic carbocycles. The molecule has 0 aliphatic heterocycles. The first-order valence-corrected chi connectivity index (χ1v) is 8.68. The van der Waals surface area contributed by atoms with Crippen molar-refractivity contribution in [3.63, 3.8) is 0 Å². The highest BCUT2D eigenvalue weighted by atomic mass is 35.5. The van der Waals surface area contributed by atoms with E-state index in [0.29, 0.717) is 11.6 Å². The monoisotopic (exact) mass is 317 g/mol. The van der Waals surface area contributed by atoms with Crippen molar-refractivity contribution in [1.82, 2.24) is 0 Å². The van der Waals surface area contributed by atoms with Gasteiger partial charge in [0.05, 0.1) is 11.9 Å². The van der Waals surface area contributed by atoms with Gasteiger partial charge in [-0.3, -0.25) is 0 Å². The molecule has 1 fully saturated rings. The van der Waals surface area contributed by atoms with Crippen molar-refractivity contribution in [1.29, 1.82) is 0 Å². The Bertz CT molecular complexity index is 573. The molecule has 0 aromatic heterocycles. The number of benzene rings is 1. The molecule has 1 aliphatic carbocycles. The number of halogens is 1. The fourth-order valence-electron chi connectivity index (χ4n) is 3.12. The lowest BCUT2D eigenvalue weighted by molar-refractivity contribution is 0.142. The van der Waals surface area contributed by atoms with E-state index in [9.17, 15) is 8.42 Å². The fourth-order valence-corrected chi connectivity index (χ4v) is 5.39. The minimum Gasteiger partial charge on any atom is -0.384 e. The molecule has 3 atom stereocenters. The van der Waals surface area contributed by atoms with E-state index in [1.54, 1.807) is 26.2 Å². The largest absolute Gasteiger partial charge is 0.384 e. The first-order valence-electron chi connectivity index (χ1n) is 6.59. The summed E-state index contributed by atoms with van der Waals surface area (Å²) < 4.78 is 29.9. The van der Waals surface area contributed by atoms with Crippen molar-refractivity contribution in [2.24, 2.45) is 11.1 Å². The average Bonchev–Trinajstić information content (AvgIpc) is 3.10. The van der Waals surface area contributed by atoms with Crippen LogP contribution >= 0.6 is 11.6 Å². The minimum atomic E-state index is -3.17. The number of nitrogens with two attached hydrogens (primary N) is 1. The molecule has 112 valence electrons. The Labute approximate surface area is 125 Å². The average molecular weight is 318 g/mol. The van der Waals surface area contributed by atoms with Crippen LogP contribution in [-0.2, 0) is 14.6 Å². The number of rotatable bonds is 6. The van der Waals surface area contributed by atoms with Crippen molar-refractivity contribution >= 4 is 21.4 Å². The molecule has 0 heterocycles. The Kier molecular flexibility index (Phi) is 4.44. The summed E-state index contributed by atoms with van der Waals surface area (Å²) >= 11 is 5.89. The van der Waals surface area contributed by atoms with Gasteiger partial charge < -0.3 is 10.5 Å². The molecule has 1 aromatic rings. The van der Waals surface area contributed by atoms with E-state index < -0.39 is 20.5 Å². The lowest BCUT2D eigenvalue weighted by Crippen LogP contribution is -2.28. The van der Waals surface area contributed by atoms with Gasteiger partial charge in [-0.2, -0.15) is 0 Å². The van der Waals surface area contributed by atoms with Gasteiger partial charge in [0, 0.05) is 35.8 Å². The van der Waals surface area contributed by atoms with Crippen molar-refractivity contribution in [3.05, 3.63) is 34.9 Å². The second kappa shape index (κ2) is 5.64. The quantitative estimate of drug-likeness (QED) is 0.869. The lowest BCUT2D eigenvalue weighted by Gasteiger charge is -2.14. The fraction of sp³-hybridized carbons (Fsp3) is 0.571. The zero-order valence-electron chi connectivity index (χ0n) is 11.7. The number of methoxy groups -OCH3 is 1. The van der Waals surface area contributed by atoms with Crippen LogP contribution in [0.3, 0.4) is 0 Å². The number of sulfone groups is 1. The summed E-state index contributed by atoms with van der Waals surface area (Å²) in [7, 11) is -1.59. The Balaban J connectivity index is 2.42. The number of ether oxygens (including phenoxy) is 1. The van der Waals surface area contributed by atoms with Crippen LogP contribution < -0.4 is 5.73 Å². The molecule has 1 saturated carbocycles. The summed E-state index contributed by atoms with van der Waals surface area (Å²) in [6.45, 7) is 2.30. The molecule has 0 bridgehead atoms. The summed E-state index contributed by atoms with van der Waals surface area (Å²) in [6, 6.07) is 7.30. The van der Waals surface area contributed by atoms with Crippen molar-refractivity contribution < 1.29 is 13.2 Å². The van der Waals surface area contributed by atoms with Crippen LogP contribution in [0.1, 0.15) is 18.4 Å². The van der Waals surface area contributed by atoms with Gasteiger partial charge in [-0.25, -0.2) is 8.42 Å². The summed E-state index contributed by atoms with van der Waals surface area (Å²) in [6.07, 6.45) is 0. The summed E-state index contributed by atoms with van der Waals surface area (Å²) in [4.78, 5) is 0. The zero-order chi connectivity index (χ0) is 15.0. The zero-order valence-corrected chi connectivity index (χ0v) is 13.2. The van der Waals surface area contributed by atoms with Gasteiger partial charge in [-0.15, -0.1) is 0 Å². The third-order valence-corrected chi connectivity index (χ3v) is 6.76. The molecule has 0 unspecified atom stereocenters. The van der Waals surface area contributed by atoms with E-state index in [4.69, 9.17) is 22.1 Å². The normalized spacial score (nSPS) is 29.4. The van der Waals surface area contributed by atoms with Crippen LogP contribution in [-0.4, -0.2) is 39.7 Å². The summed E-state index contributed by atoms with van der Waals surface area (Å²) in [5, 5.41) is 0.167. The van der Waals surface area contributed by atoms with Gasteiger partial charge in [0.1, 0.15) is 0 Å². The van der Waals surface area contributed by atoms with Crippen LogP contribution in [0.4, 0.5) is 0 Å². The van der Waals surface area contributed by atoms with Gasteiger partial charge in [0.2, 0.25) is 0 Å². The van der Waals surface area contributed by atoms with Crippen molar-refractivity contribution in [2.45, 2.75) is 18.1 Å². The molecule has 0 radical (unpaired) electrons. The van der Waals surface area contributed by atoms with Crippen LogP contribution in [0.5, 0.6) is 0 Å². The number of hydrogen-bond donors (Lipinski definition) is 1. The molecule has 6 heteroatoms. The van der Waals surface area contributed by atoms with Crippen LogP contribution in [0.15, 0.2) is 24.3 Å². The molecule has 0 spiro atoms. The molecule has 0 saturated heterocycles. The van der Waals surface area contributed by atoms with E-state index >= 15 is 0 Å². The van der Waals surface area contributed by atoms with Crippen LogP contribution in [0, 0.1) is 5.41 Å². The van der Waals surface area contributed by atoms with Crippen LogP contribution in [0.25, 0.3) is 0 Å². The van der Waals surface area contributed by atoms with E-state index in [-0.39, 0.29) is 18.2 Å². The smallest absolute Gasteiger partial charge is 0.154 e. The van der Waals surface area contributed by atoms with Gasteiger partial charge in [-0.05, 0) is 17.7 Å². The molecule has 2 N–H and O–H groups in total. The standard InChI is InChI=1S/C14H20ClNO3S/c1-3-20(17,18)13-12(14(13,8-16)9-19-2)10-4-6-11(15)7-5-10/h4-7,12-13H,3,8-9,16H2,1-2H3/t12-,13+,14-/m0/s1. The SMILES string of the molecule is CCS(=O)(=O)[C@@H]1[C@H](c2ccc(Cl)cc2)[C@]1(CN)COC. The lowest BCUT2D eigenvalue weighted by atomic mass is 10.0. The van der Waals surface area contributed by atoms with Crippen molar-refractivity contribution in [3.8, 4) is 0 Å².